The Kier molecular flexibility index (Phi) is 5.68. The maximum absolute atomic E-state index is 11.6. The topological polar surface area (TPSA) is 75.6 Å². The third-order valence-corrected chi connectivity index (χ3v) is 4.47. The molecule has 1 atom stereocenters. The van der Waals surface area contributed by atoms with Crippen molar-refractivity contribution < 1.29 is 18.3 Å². The molecule has 6 heteroatoms. The molecule has 0 radical (unpaired) electrons. The van der Waals surface area contributed by atoms with Crippen molar-refractivity contribution in [3.8, 4) is 0 Å². The van der Waals surface area contributed by atoms with Crippen LogP contribution < -0.4 is 4.72 Å². The molecule has 1 unspecified atom stereocenters. The second-order valence-corrected chi connectivity index (χ2v) is 6.13. The van der Waals surface area contributed by atoms with Gasteiger partial charge in [0.1, 0.15) is 0 Å². The number of ether oxygens (including phenoxy) is 1. The molecule has 2 N–H and O–H groups in total. The fourth-order valence-electron chi connectivity index (χ4n) is 1.91. The summed E-state index contributed by atoms with van der Waals surface area (Å²) in [6, 6.07) is -0.0485. The van der Waals surface area contributed by atoms with Crippen LogP contribution in [0.25, 0.3) is 0 Å². The van der Waals surface area contributed by atoms with Gasteiger partial charge in [-0.05, 0) is 32.1 Å². The van der Waals surface area contributed by atoms with E-state index in [0.29, 0.717) is 19.1 Å². The molecule has 0 aromatic rings. The Balaban J connectivity index is 2.39. The van der Waals surface area contributed by atoms with Crippen molar-refractivity contribution in [2.75, 3.05) is 25.6 Å². The highest BCUT2D eigenvalue weighted by Gasteiger charge is 2.24. The van der Waals surface area contributed by atoms with E-state index in [0.717, 1.165) is 12.8 Å². The van der Waals surface area contributed by atoms with Crippen LogP contribution in [0.5, 0.6) is 0 Å². The summed E-state index contributed by atoms with van der Waals surface area (Å²) in [6.45, 7) is 3.24. The predicted molar refractivity (Wildman–Crippen MR) is 61.6 cm³/mol. The molecule has 0 aliphatic carbocycles. The maximum atomic E-state index is 11.6. The van der Waals surface area contributed by atoms with Gasteiger partial charge in [-0.15, -0.1) is 0 Å². The lowest BCUT2D eigenvalue weighted by Crippen LogP contribution is -2.41. The first kappa shape index (κ1) is 13.9. The van der Waals surface area contributed by atoms with Crippen LogP contribution in [0.1, 0.15) is 26.2 Å². The zero-order chi connectivity index (χ0) is 12.0. The number of aliphatic hydroxyl groups excluding tert-OH is 1. The van der Waals surface area contributed by atoms with Crippen LogP contribution >= 0.6 is 0 Å². The summed E-state index contributed by atoms with van der Waals surface area (Å²) in [5, 5.41) is 8.60. The summed E-state index contributed by atoms with van der Waals surface area (Å²) >= 11 is 0. The van der Waals surface area contributed by atoms with Crippen molar-refractivity contribution in [3.63, 3.8) is 0 Å². The van der Waals surface area contributed by atoms with Crippen molar-refractivity contribution in [2.24, 2.45) is 5.92 Å². The lowest BCUT2D eigenvalue weighted by molar-refractivity contribution is 0.0585. The summed E-state index contributed by atoms with van der Waals surface area (Å²) in [7, 11) is -3.24. The van der Waals surface area contributed by atoms with E-state index >= 15 is 0 Å². The van der Waals surface area contributed by atoms with Crippen LogP contribution in [0.3, 0.4) is 0 Å². The molecule has 0 saturated carbocycles. The molecule has 1 saturated heterocycles. The van der Waals surface area contributed by atoms with Crippen molar-refractivity contribution >= 4 is 10.0 Å². The normalized spacial score (nSPS) is 20.9. The molecule has 1 fully saturated rings. The molecular weight excluding hydrogens is 230 g/mol. The van der Waals surface area contributed by atoms with E-state index in [-0.39, 0.29) is 24.8 Å². The van der Waals surface area contributed by atoms with Crippen molar-refractivity contribution in [3.05, 3.63) is 0 Å². The Morgan fingerprint density at radius 2 is 2.06 bits per heavy atom. The molecule has 0 aromatic carbocycles. The third-order valence-electron chi connectivity index (χ3n) is 2.91. The fourth-order valence-corrected chi connectivity index (χ4v) is 3.29. The molecule has 0 spiro atoms. The highest BCUT2D eigenvalue weighted by molar-refractivity contribution is 7.89. The minimum atomic E-state index is -3.24. The number of hydrogen-bond donors (Lipinski definition) is 2. The lowest BCUT2D eigenvalue weighted by Gasteiger charge is -2.28. The van der Waals surface area contributed by atoms with Crippen molar-refractivity contribution in [1.29, 1.82) is 0 Å². The Labute approximate surface area is 97.2 Å². The van der Waals surface area contributed by atoms with E-state index in [2.05, 4.69) is 4.72 Å². The van der Waals surface area contributed by atoms with Gasteiger partial charge in [-0.1, -0.05) is 0 Å². The van der Waals surface area contributed by atoms with E-state index in [1.165, 1.54) is 0 Å². The Morgan fingerprint density at radius 1 is 1.44 bits per heavy atom. The summed E-state index contributed by atoms with van der Waals surface area (Å²) in [5.74, 6) is 0.356. The van der Waals surface area contributed by atoms with Gasteiger partial charge < -0.3 is 9.84 Å². The van der Waals surface area contributed by atoms with Gasteiger partial charge in [0.25, 0.3) is 0 Å². The first-order valence-corrected chi connectivity index (χ1v) is 7.39. The van der Waals surface area contributed by atoms with E-state index in [4.69, 9.17) is 9.84 Å². The van der Waals surface area contributed by atoms with Gasteiger partial charge in [0.2, 0.25) is 10.0 Å². The number of sulfonamides is 1. The van der Waals surface area contributed by atoms with Crippen LogP contribution in [0.4, 0.5) is 0 Å². The SMILES string of the molecule is CC(NS(=O)(=O)CCCO)C1CCOCC1. The summed E-state index contributed by atoms with van der Waals surface area (Å²) in [5.41, 5.74) is 0. The second-order valence-electron chi connectivity index (χ2n) is 4.25. The van der Waals surface area contributed by atoms with Gasteiger partial charge in [-0.2, -0.15) is 0 Å². The molecular formula is C10H21NO4S. The molecule has 1 aliphatic heterocycles. The van der Waals surface area contributed by atoms with Crippen LogP contribution in [-0.4, -0.2) is 45.1 Å². The molecule has 0 amide bonds. The van der Waals surface area contributed by atoms with Crippen LogP contribution in [0.2, 0.25) is 0 Å². The van der Waals surface area contributed by atoms with Crippen molar-refractivity contribution in [2.45, 2.75) is 32.2 Å². The summed E-state index contributed by atoms with van der Waals surface area (Å²) in [6.07, 6.45) is 2.10. The summed E-state index contributed by atoms with van der Waals surface area (Å²) < 4.78 is 31.1. The van der Waals surface area contributed by atoms with Gasteiger partial charge >= 0.3 is 0 Å². The van der Waals surface area contributed by atoms with E-state index in [1.54, 1.807) is 0 Å². The van der Waals surface area contributed by atoms with Crippen LogP contribution in [0.15, 0.2) is 0 Å². The smallest absolute Gasteiger partial charge is 0.211 e. The number of aliphatic hydroxyl groups is 1. The van der Waals surface area contributed by atoms with E-state index < -0.39 is 10.0 Å². The van der Waals surface area contributed by atoms with Gasteiger partial charge in [-0.25, -0.2) is 13.1 Å². The van der Waals surface area contributed by atoms with Crippen molar-refractivity contribution in [1.82, 2.24) is 4.72 Å². The third kappa shape index (κ3) is 4.78. The molecule has 96 valence electrons. The molecule has 0 bridgehead atoms. The standard InChI is InChI=1S/C10H21NO4S/c1-9(10-3-6-15-7-4-10)11-16(13,14)8-2-5-12/h9-12H,2-8H2,1H3. The fraction of sp³-hybridized carbons (Fsp3) is 1.00. The first-order valence-electron chi connectivity index (χ1n) is 5.74. The highest BCUT2D eigenvalue weighted by atomic mass is 32.2. The molecule has 5 nitrogen and oxygen atoms in total. The Hall–Kier alpha value is -0.170. The summed E-state index contributed by atoms with van der Waals surface area (Å²) in [4.78, 5) is 0. The average molecular weight is 251 g/mol. The van der Waals surface area contributed by atoms with Gasteiger partial charge in [0.15, 0.2) is 0 Å². The number of rotatable bonds is 6. The molecule has 1 aliphatic rings. The Morgan fingerprint density at radius 3 is 2.62 bits per heavy atom. The van der Waals surface area contributed by atoms with Gasteiger partial charge in [0.05, 0.1) is 5.75 Å². The molecule has 1 heterocycles. The lowest BCUT2D eigenvalue weighted by atomic mass is 9.94. The average Bonchev–Trinajstić information content (AvgIpc) is 2.27. The maximum Gasteiger partial charge on any atom is 0.211 e. The Bertz CT molecular complexity index is 285. The van der Waals surface area contributed by atoms with E-state index in [1.807, 2.05) is 6.92 Å². The molecule has 16 heavy (non-hydrogen) atoms. The second kappa shape index (κ2) is 6.54. The minimum Gasteiger partial charge on any atom is -0.396 e. The molecule has 0 aromatic heterocycles. The van der Waals surface area contributed by atoms with E-state index in [9.17, 15) is 8.42 Å². The van der Waals surface area contributed by atoms with Gasteiger partial charge in [-0.3, -0.25) is 0 Å². The van der Waals surface area contributed by atoms with Crippen LogP contribution in [0, 0.1) is 5.92 Å². The minimum absolute atomic E-state index is 0.00292. The zero-order valence-electron chi connectivity index (χ0n) is 9.68. The van der Waals surface area contributed by atoms with Gasteiger partial charge in [0, 0.05) is 25.9 Å². The zero-order valence-corrected chi connectivity index (χ0v) is 10.5. The highest BCUT2D eigenvalue weighted by Crippen LogP contribution is 2.19. The van der Waals surface area contributed by atoms with Crippen LogP contribution in [-0.2, 0) is 14.8 Å². The molecule has 1 rings (SSSR count). The largest absolute Gasteiger partial charge is 0.396 e. The monoisotopic (exact) mass is 251 g/mol. The number of nitrogens with one attached hydrogen (secondary N) is 1. The predicted octanol–water partition coefficient (Wildman–Crippen LogP) is 0.103. The first-order chi connectivity index (χ1) is 7.55. The number of hydrogen-bond acceptors (Lipinski definition) is 4. The quantitative estimate of drug-likeness (QED) is 0.702.